The smallest absolute Gasteiger partial charge is 0.191 e. The number of ether oxygens (including phenoxy) is 1. The fraction of sp³-hybridized carbons (Fsp3) is 0.944. The number of guanidine groups is 1. The lowest BCUT2D eigenvalue weighted by atomic mass is 9.94. The fourth-order valence-electron chi connectivity index (χ4n) is 5.08. The normalized spacial score (nSPS) is 36.2. The van der Waals surface area contributed by atoms with Gasteiger partial charge in [-0.1, -0.05) is 12.8 Å². The van der Waals surface area contributed by atoms with Gasteiger partial charge in [-0.15, -0.1) is 0 Å². The Kier molecular flexibility index (Phi) is 5.25. The molecule has 2 bridgehead atoms. The lowest BCUT2D eigenvalue weighted by molar-refractivity contribution is 0.0987. The minimum atomic E-state index is 0.351. The highest BCUT2D eigenvalue weighted by molar-refractivity contribution is 7.99. The van der Waals surface area contributed by atoms with Gasteiger partial charge in [-0.3, -0.25) is 9.89 Å². The Balaban J connectivity index is 1.34. The second-order valence-corrected chi connectivity index (χ2v) is 9.04. The number of fused-ring (bicyclic) bond motifs is 2. The van der Waals surface area contributed by atoms with Gasteiger partial charge in [0.2, 0.25) is 0 Å². The van der Waals surface area contributed by atoms with Crippen molar-refractivity contribution in [3.63, 3.8) is 0 Å². The van der Waals surface area contributed by atoms with Crippen LogP contribution in [0.1, 0.15) is 44.9 Å². The molecule has 0 spiro atoms. The van der Waals surface area contributed by atoms with Crippen LogP contribution < -0.4 is 10.6 Å². The van der Waals surface area contributed by atoms with Crippen molar-refractivity contribution < 1.29 is 4.74 Å². The average Bonchev–Trinajstić information content (AvgIpc) is 3.36. The van der Waals surface area contributed by atoms with Crippen LogP contribution in [0, 0.1) is 0 Å². The summed E-state index contributed by atoms with van der Waals surface area (Å²) in [6.07, 6.45) is 9.87. The second-order valence-electron chi connectivity index (χ2n) is 7.82. The predicted molar refractivity (Wildman–Crippen MR) is 101 cm³/mol. The maximum atomic E-state index is 5.97. The highest BCUT2D eigenvalue weighted by atomic mass is 32.2. The first-order chi connectivity index (χ1) is 11.8. The summed E-state index contributed by atoms with van der Waals surface area (Å²) in [6.45, 7) is 3.52. The standard InChI is InChI=1S/C18H32N4OS/c1-19-17(21-15-12-14-4-5-16(15)23-14)20-13-18(6-2-3-7-18)22-8-10-24-11-9-22/h14-16H,2-13H2,1H3,(H2,19,20,21). The molecule has 136 valence electrons. The lowest BCUT2D eigenvalue weighted by Crippen LogP contribution is -2.58. The van der Waals surface area contributed by atoms with Crippen LogP contribution in [0.2, 0.25) is 0 Å². The van der Waals surface area contributed by atoms with Crippen molar-refractivity contribution in [2.45, 2.75) is 68.7 Å². The number of nitrogens with zero attached hydrogens (tertiary/aromatic N) is 2. The Hall–Kier alpha value is -0.460. The Morgan fingerprint density at radius 1 is 1.25 bits per heavy atom. The van der Waals surface area contributed by atoms with Crippen molar-refractivity contribution in [3.05, 3.63) is 0 Å². The summed E-state index contributed by atoms with van der Waals surface area (Å²) in [5, 5.41) is 7.30. The van der Waals surface area contributed by atoms with Gasteiger partial charge >= 0.3 is 0 Å². The monoisotopic (exact) mass is 352 g/mol. The van der Waals surface area contributed by atoms with Crippen molar-refractivity contribution in [2.24, 2.45) is 4.99 Å². The average molecular weight is 353 g/mol. The van der Waals surface area contributed by atoms with Crippen LogP contribution in [-0.4, -0.2) is 72.8 Å². The zero-order valence-corrected chi connectivity index (χ0v) is 15.7. The van der Waals surface area contributed by atoms with Crippen LogP contribution in [0.5, 0.6) is 0 Å². The molecule has 0 aromatic rings. The zero-order valence-electron chi connectivity index (χ0n) is 14.9. The summed E-state index contributed by atoms with van der Waals surface area (Å²) in [5.74, 6) is 3.54. The van der Waals surface area contributed by atoms with Crippen LogP contribution in [-0.2, 0) is 4.74 Å². The van der Waals surface area contributed by atoms with E-state index in [1.54, 1.807) is 0 Å². The summed E-state index contributed by atoms with van der Waals surface area (Å²) in [7, 11) is 1.89. The van der Waals surface area contributed by atoms with E-state index in [0.717, 1.165) is 18.9 Å². The van der Waals surface area contributed by atoms with Gasteiger partial charge in [0.05, 0.1) is 18.2 Å². The number of hydrogen-bond acceptors (Lipinski definition) is 4. The molecule has 0 aromatic carbocycles. The molecule has 0 aromatic heterocycles. The third-order valence-corrected chi connectivity index (χ3v) is 7.40. The van der Waals surface area contributed by atoms with Crippen LogP contribution in [0.3, 0.4) is 0 Å². The van der Waals surface area contributed by atoms with Crippen molar-refractivity contribution in [1.82, 2.24) is 15.5 Å². The van der Waals surface area contributed by atoms with Gasteiger partial charge < -0.3 is 15.4 Å². The first kappa shape index (κ1) is 17.0. The third kappa shape index (κ3) is 3.42. The molecule has 3 unspecified atom stereocenters. The number of nitrogens with one attached hydrogen (secondary N) is 2. The molecule has 0 radical (unpaired) electrons. The molecule has 3 aliphatic heterocycles. The van der Waals surface area contributed by atoms with Gasteiger partial charge in [-0.2, -0.15) is 11.8 Å². The Labute approximate surface area is 150 Å². The van der Waals surface area contributed by atoms with E-state index in [1.165, 1.54) is 63.1 Å². The molecule has 3 heterocycles. The highest BCUT2D eigenvalue weighted by Crippen LogP contribution is 2.36. The minimum absolute atomic E-state index is 0.351. The summed E-state index contributed by atoms with van der Waals surface area (Å²) >= 11 is 2.10. The quantitative estimate of drug-likeness (QED) is 0.597. The molecule has 24 heavy (non-hydrogen) atoms. The molecule has 1 aliphatic carbocycles. The predicted octanol–water partition coefficient (Wildman–Crippen LogP) is 1.83. The Bertz CT molecular complexity index is 460. The van der Waals surface area contributed by atoms with Crippen molar-refractivity contribution in [1.29, 1.82) is 0 Å². The maximum Gasteiger partial charge on any atom is 0.191 e. The Morgan fingerprint density at radius 2 is 2.04 bits per heavy atom. The third-order valence-electron chi connectivity index (χ3n) is 6.45. The summed E-state index contributed by atoms with van der Waals surface area (Å²) in [6, 6.07) is 0.445. The van der Waals surface area contributed by atoms with Gasteiger partial charge in [-0.05, 0) is 32.1 Å². The maximum absolute atomic E-state index is 5.97. The molecule has 5 nitrogen and oxygen atoms in total. The van der Waals surface area contributed by atoms with E-state index in [9.17, 15) is 0 Å². The topological polar surface area (TPSA) is 48.9 Å². The summed E-state index contributed by atoms with van der Waals surface area (Å²) < 4.78 is 5.97. The molecular weight excluding hydrogens is 320 g/mol. The number of aliphatic imine (C=N–C) groups is 1. The second kappa shape index (κ2) is 7.42. The van der Waals surface area contributed by atoms with Crippen molar-refractivity contribution in [3.8, 4) is 0 Å². The minimum Gasteiger partial charge on any atom is -0.373 e. The van der Waals surface area contributed by atoms with Crippen LogP contribution in [0.4, 0.5) is 0 Å². The van der Waals surface area contributed by atoms with Gasteiger partial charge in [-0.25, -0.2) is 0 Å². The fourth-order valence-corrected chi connectivity index (χ4v) is 5.99. The highest BCUT2D eigenvalue weighted by Gasteiger charge is 2.42. The largest absolute Gasteiger partial charge is 0.373 e. The molecule has 2 N–H and O–H groups in total. The van der Waals surface area contributed by atoms with E-state index in [2.05, 4.69) is 32.3 Å². The van der Waals surface area contributed by atoms with E-state index in [1.807, 2.05) is 7.05 Å². The lowest BCUT2D eigenvalue weighted by Gasteiger charge is -2.44. The molecule has 4 fully saturated rings. The Morgan fingerprint density at radius 3 is 2.67 bits per heavy atom. The first-order valence-corrected chi connectivity index (χ1v) is 10.9. The van der Waals surface area contributed by atoms with Gasteiger partial charge in [0, 0.05) is 43.7 Å². The molecule has 1 saturated carbocycles. The van der Waals surface area contributed by atoms with E-state index in [-0.39, 0.29) is 0 Å². The van der Waals surface area contributed by atoms with E-state index in [0.29, 0.717) is 23.8 Å². The number of hydrogen-bond donors (Lipinski definition) is 2. The van der Waals surface area contributed by atoms with Crippen molar-refractivity contribution in [2.75, 3.05) is 38.2 Å². The SMILES string of the molecule is CN=C(NCC1(N2CCSCC2)CCCC1)NC1CC2CCC1O2. The summed E-state index contributed by atoms with van der Waals surface area (Å²) in [5.41, 5.74) is 0.351. The van der Waals surface area contributed by atoms with Gasteiger partial charge in [0.1, 0.15) is 0 Å². The molecule has 4 aliphatic rings. The molecular formula is C18H32N4OS. The van der Waals surface area contributed by atoms with Crippen LogP contribution in [0.15, 0.2) is 4.99 Å². The van der Waals surface area contributed by atoms with Crippen LogP contribution in [0.25, 0.3) is 0 Å². The van der Waals surface area contributed by atoms with Gasteiger partial charge in [0.25, 0.3) is 0 Å². The molecule has 4 rings (SSSR count). The van der Waals surface area contributed by atoms with E-state index in [4.69, 9.17) is 4.74 Å². The number of rotatable bonds is 4. The zero-order chi connectivity index (χ0) is 16.4. The van der Waals surface area contributed by atoms with Crippen LogP contribution >= 0.6 is 11.8 Å². The first-order valence-electron chi connectivity index (χ1n) is 9.74. The van der Waals surface area contributed by atoms with E-state index >= 15 is 0 Å². The molecule has 3 atom stereocenters. The summed E-state index contributed by atoms with van der Waals surface area (Å²) in [4.78, 5) is 7.25. The van der Waals surface area contributed by atoms with Crippen molar-refractivity contribution >= 4 is 17.7 Å². The molecule has 6 heteroatoms. The van der Waals surface area contributed by atoms with E-state index < -0.39 is 0 Å². The molecule has 3 saturated heterocycles. The molecule has 0 amide bonds. The van der Waals surface area contributed by atoms with Gasteiger partial charge in [0.15, 0.2) is 5.96 Å². The number of thioether (sulfide) groups is 1.